The van der Waals surface area contributed by atoms with Gasteiger partial charge in [-0.15, -0.1) is 0 Å². The topological polar surface area (TPSA) is 76.7 Å². The second-order valence-corrected chi connectivity index (χ2v) is 7.68. The van der Waals surface area contributed by atoms with E-state index in [0.29, 0.717) is 16.9 Å². The van der Waals surface area contributed by atoms with E-state index in [4.69, 9.17) is 9.47 Å². The van der Waals surface area contributed by atoms with Gasteiger partial charge in [-0.3, -0.25) is 9.59 Å². The molecule has 0 saturated heterocycles. The van der Waals surface area contributed by atoms with Crippen LogP contribution in [0.25, 0.3) is 11.1 Å². The molecule has 0 atom stereocenters. The van der Waals surface area contributed by atoms with Crippen molar-refractivity contribution in [1.29, 1.82) is 0 Å². The lowest BCUT2D eigenvalue weighted by Crippen LogP contribution is -2.11. The Hall–Kier alpha value is -3.32. The Labute approximate surface area is 182 Å². The first kappa shape index (κ1) is 20.0. The first-order valence-corrected chi connectivity index (χ1v) is 10.0. The molecule has 2 N–H and O–H groups in total. The third-order valence-corrected chi connectivity index (χ3v) is 5.58. The van der Waals surface area contributed by atoms with Crippen molar-refractivity contribution in [2.24, 2.45) is 0 Å². The molecule has 0 unspecified atom stereocenters. The number of carbonyl (C=O) groups excluding carboxylic acids is 2. The average Bonchev–Trinajstić information content (AvgIpc) is 2.89. The zero-order chi connectivity index (χ0) is 21.3. The second-order valence-electron chi connectivity index (χ2n) is 6.82. The molecule has 30 heavy (non-hydrogen) atoms. The van der Waals surface area contributed by atoms with Gasteiger partial charge >= 0.3 is 5.97 Å². The Balaban J connectivity index is 1.70. The average molecular weight is 467 g/mol. The first-order chi connectivity index (χ1) is 14.5. The van der Waals surface area contributed by atoms with E-state index in [1.54, 1.807) is 19.2 Å². The third-order valence-electron chi connectivity index (χ3n) is 4.93. The molecule has 0 fully saturated rings. The molecular weight excluding hydrogens is 448 g/mol. The van der Waals surface area contributed by atoms with Crippen LogP contribution in [0.2, 0.25) is 0 Å². The van der Waals surface area contributed by atoms with Crippen LogP contribution in [0.3, 0.4) is 0 Å². The number of amides is 1. The number of ether oxygens (including phenoxy) is 2. The number of rotatable bonds is 4. The number of nitrogens with one attached hydrogen (secondary N) is 2. The van der Waals surface area contributed by atoms with Gasteiger partial charge in [0.1, 0.15) is 5.75 Å². The highest BCUT2D eigenvalue weighted by atomic mass is 79.9. The van der Waals surface area contributed by atoms with Crippen molar-refractivity contribution >= 4 is 44.9 Å². The van der Waals surface area contributed by atoms with Crippen LogP contribution >= 0.6 is 15.9 Å². The van der Waals surface area contributed by atoms with Crippen molar-refractivity contribution < 1.29 is 19.1 Å². The number of hydrogen-bond acceptors (Lipinski definition) is 5. The van der Waals surface area contributed by atoms with Crippen LogP contribution < -0.4 is 15.4 Å². The minimum atomic E-state index is -0.333. The molecule has 1 aliphatic heterocycles. The van der Waals surface area contributed by atoms with Crippen molar-refractivity contribution in [2.75, 3.05) is 24.9 Å². The van der Waals surface area contributed by atoms with Crippen molar-refractivity contribution in [3.05, 3.63) is 70.2 Å². The SMILES string of the molecule is COC(=O)Cc1ccc2c(c1)NC(=O)c1ccc(-c3ccc(Br)c(OC)c3)cc1N2. The quantitative estimate of drug-likeness (QED) is 0.519. The van der Waals surface area contributed by atoms with Crippen LogP contribution in [-0.4, -0.2) is 26.1 Å². The minimum Gasteiger partial charge on any atom is -0.496 e. The number of anilines is 3. The summed E-state index contributed by atoms with van der Waals surface area (Å²) in [6.45, 7) is 0. The highest BCUT2D eigenvalue weighted by molar-refractivity contribution is 9.10. The molecule has 6 nitrogen and oxygen atoms in total. The maximum absolute atomic E-state index is 12.8. The third kappa shape index (κ3) is 3.89. The standard InChI is InChI=1S/C23H19BrN2O4/c1-29-21-12-15(5-7-17(21)24)14-4-6-16-19(11-14)25-18-8-3-13(10-22(27)30-2)9-20(18)26-23(16)28/h3-9,11-12,25H,10H2,1-2H3,(H,26,28). The highest BCUT2D eigenvalue weighted by Gasteiger charge is 2.20. The van der Waals surface area contributed by atoms with Gasteiger partial charge < -0.3 is 20.1 Å². The molecule has 7 heteroatoms. The zero-order valence-electron chi connectivity index (χ0n) is 16.4. The van der Waals surface area contributed by atoms with E-state index in [2.05, 4.69) is 26.6 Å². The Bertz CT molecular complexity index is 1160. The second kappa shape index (κ2) is 8.20. The van der Waals surface area contributed by atoms with Crippen molar-refractivity contribution in [1.82, 2.24) is 0 Å². The van der Waals surface area contributed by atoms with E-state index in [1.807, 2.05) is 42.5 Å². The molecule has 0 aromatic heterocycles. The molecule has 0 aliphatic carbocycles. The van der Waals surface area contributed by atoms with Crippen molar-refractivity contribution in [3.63, 3.8) is 0 Å². The summed E-state index contributed by atoms with van der Waals surface area (Å²) in [4.78, 5) is 24.3. The predicted octanol–water partition coefficient (Wildman–Crippen LogP) is 5.15. The minimum absolute atomic E-state index is 0.141. The highest BCUT2D eigenvalue weighted by Crippen LogP contribution is 2.37. The van der Waals surface area contributed by atoms with Gasteiger partial charge in [-0.05, 0) is 69.0 Å². The van der Waals surface area contributed by atoms with Crippen molar-refractivity contribution in [3.8, 4) is 16.9 Å². The Morgan fingerprint density at radius 3 is 2.43 bits per heavy atom. The molecule has 3 aromatic rings. The van der Waals surface area contributed by atoms with Gasteiger partial charge in [-0.25, -0.2) is 0 Å². The first-order valence-electron chi connectivity index (χ1n) is 9.24. The van der Waals surface area contributed by atoms with Gasteiger partial charge in [-0.1, -0.05) is 18.2 Å². The summed E-state index contributed by atoms with van der Waals surface area (Å²) in [6, 6.07) is 17.0. The lowest BCUT2D eigenvalue weighted by Gasteiger charge is -2.12. The smallest absolute Gasteiger partial charge is 0.309 e. The van der Waals surface area contributed by atoms with Gasteiger partial charge in [0.05, 0.1) is 47.7 Å². The van der Waals surface area contributed by atoms with Gasteiger partial charge in [0.2, 0.25) is 0 Å². The lowest BCUT2D eigenvalue weighted by atomic mass is 10.0. The van der Waals surface area contributed by atoms with E-state index in [9.17, 15) is 9.59 Å². The Morgan fingerprint density at radius 1 is 0.900 bits per heavy atom. The zero-order valence-corrected chi connectivity index (χ0v) is 18.0. The van der Waals surface area contributed by atoms with Crippen LogP contribution in [0.15, 0.2) is 59.1 Å². The fraction of sp³-hybridized carbons (Fsp3) is 0.130. The number of fused-ring (bicyclic) bond motifs is 2. The molecule has 0 bridgehead atoms. The summed E-state index contributed by atoms with van der Waals surface area (Å²) >= 11 is 3.47. The molecule has 0 radical (unpaired) electrons. The van der Waals surface area contributed by atoms with Crippen LogP contribution in [0.5, 0.6) is 5.75 Å². The maximum atomic E-state index is 12.8. The molecule has 1 aliphatic rings. The predicted molar refractivity (Wildman–Crippen MR) is 120 cm³/mol. The maximum Gasteiger partial charge on any atom is 0.309 e. The number of esters is 1. The molecule has 1 heterocycles. The van der Waals surface area contributed by atoms with Gasteiger partial charge in [0, 0.05) is 0 Å². The summed E-state index contributed by atoms with van der Waals surface area (Å²) < 4.78 is 11.0. The van der Waals surface area contributed by atoms with Crippen LogP contribution in [0, 0.1) is 0 Å². The van der Waals surface area contributed by atoms with Gasteiger partial charge in [0.25, 0.3) is 5.91 Å². The van der Waals surface area contributed by atoms with E-state index in [0.717, 1.165) is 32.6 Å². The van der Waals surface area contributed by atoms with Crippen molar-refractivity contribution in [2.45, 2.75) is 6.42 Å². The number of carbonyl (C=O) groups is 2. The molecule has 4 rings (SSSR count). The molecule has 1 amide bonds. The Morgan fingerprint density at radius 2 is 1.67 bits per heavy atom. The monoisotopic (exact) mass is 466 g/mol. The molecular formula is C23H19BrN2O4. The van der Waals surface area contributed by atoms with Gasteiger partial charge in [-0.2, -0.15) is 0 Å². The fourth-order valence-electron chi connectivity index (χ4n) is 3.35. The largest absolute Gasteiger partial charge is 0.496 e. The fourth-order valence-corrected chi connectivity index (χ4v) is 3.76. The van der Waals surface area contributed by atoms with E-state index < -0.39 is 0 Å². The van der Waals surface area contributed by atoms with Crippen LogP contribution in [0.4, 0.5) is 17.1 Å². The molecule has 0 spiro atoms. The molecule has 3 aromatic carbocycles. The summed E-state index contributed by atoms with van der Waals surface area (Å²) in [5, 5.41) is 6.25. The number of methoxy groups -OCH3 is 2. The number of benzene rings is 3. The van der Waals surface area contributed by atoms with E-state index in [-0.39, 0.29) is 18.3 Å². The van der Waals surface area contributed by atoms with E-state index >= 15 is 0 Å². The lowest BCUT2D eigenvalue weighted by molar-refractivity contribution is -0.139. The van der Waals surface area contributed by atoms with E-state index in [1.165, 1.54) is 7.11 Å². The van der Waals surface area contributed by atoms with Crippen LogP contribution in [0.1, 0.15) is 15.9 Å². The summed E-state index contributed by atoms with van der Waals surface area (Å²) in [7, 11) is 2.97. The molecule has 0 saturated carbocycles. The summed E-state index contributed by atoms with van der Waals surface area (Å²) in [5.74, 6) is 0.184. The summed E-state index contributed by atoms with van der Waals surface area (Å²) in [6.07, 6.45) is 0.141. The van der Waals surface area contributed by atoms with Crippen LogP contribution in [-0.2, 0) is 16.0 Å². The normalized spacial score (nSPS) is 12.0. The van der Waals surface area contributed by atoms with Gasteiger partial charge in [0.15, 0.2) is 0 Å². The number of hydrogen-bond donors (Lipinski definition) is 2. The Kier molecular flexibility index (Phi) is 5.46. The number of halogens is 1. The summed E-state index contributed by atoms with van der Waals surface area (Å²) in [5.41, 5.74) is 5.28. The molecule has 152 valence electrons.